The summed E-state index contributed by atoms with van der Waals surface area (Å²) in [6, 6.07) is 0. The molecule has 1 atom stereocenters. The average Bonchev–Trinajstić information content (AvgIpc) is 2.41. The summed E-state index contributed by atoms with van der Waals surface area (Å²) < 4.78 is 6.38. The van der Waals surface area contributed by atoms with Crippen molar-refractivity contribution in [3.8, 4) is 11.5 Å². The molecular weight excluding hydrogens is 250 g/mol. The number of ether oxygens (including phenoxy) is 1. The number of rotatable bonds is 3. The first kappa shape index (κ1) is 15.2. The Morgan fingerprint density at radius 2 is 1.80 bits per heavy atom. The van der Waals surface area contributed by atoms with Crippen LogP contribution in [0.1, 0.15) is 42.0 Å². The molecule has 3 nitrogen and oxygen atoms in total. The van der Waals surface area contributed by atoms with Crippen LogP contribution in [0.3, 0.4) is 0 Å². The first-order valence-electron chi connectivity index (χ1n) is 7.40. The van der Waals surface area contributed by atoms with Gasteiger partial charge in [0.25, 0.3) is 0 Å². The molecule has 1 aromatic carbocycles. The van der Waals surface area contributed by atoms with Crippen LogP contribution in [0.2, 0.25) is 0 Å². The Balaban J connectivity index is 2.35. The van der Waals surface area contributed by atoms with Crippen LogP contribution in [0.4, 0.5) is 0 Å². The molecule has 1 heterocycles. The van der Waals surface area contributed by atoms with E-state index < -0.39 is 0 Å². The van der Waals surface area contributed by atoms with Crippen LogP contribution >= 0.6 is 0 Å². The summed E-state index contributed by atoms with van der Waals surface area (Å²) in [4.78, 5) is 2.20. The molecule has 0 fully saturated rings. The number of phenols is 1. The quantitative estimate of drug-likeness (QED) is 0.919. The van der Waals surface area contributed by atoms with Crippen LogP contribution in [0.15, 0.2) is 0 Å². The standard InChI is InChI=1S/C17H27NO2/c1-11-12(2)16-14(13(3)15(11)19)7-8-17(4,20-16)9-10-18(5)6/h19H,7-10H2,1-6H3/t17-/m0/s1. The second kappa shape index (κ2) is 5.28. The second-order valence-electron chi connectivity index (χ2n) is 6.64. The average molecular weight is 277 g/mol. The normalized spacial score (nSPS) is 21.8. The van der Waals surface area contributed by atoms with Gasteiger partial charge in [-0.05, 0) is 77.7 Å². The minimum absolute atomic E-state index is 0.0993. The zero-order chi connectivity index (χ0) is 15.1. The highest BCUT2D eigenvalue weighted by molar-refractivity contribution is 5.58. The smallest absolute Gasteiger partial charge is 0.127 e. The van der Waals surface area contributed by atoms with E-state index >= 15 is 0 Å². The first-order chi connectivity index (χ1) is 9.25. The van der Waals surface area contributed by atoms with Gasteiger partial charge in [-0.1, -0.05) is 0 Å². The van der Waals surface area contributed by atoms with Gasteiger partial charge in [0.05, 0.1) is 0 Å². The Morgan fingerprint density at radius 3 is 2.40 bits per heavy atom. The SMILES string of the molecule is Cc1c(C)c2c(c(C)c1O)CC[C@@](C)(CCN(C)C)O2. The van der Waals surface area contributed by atoms with Crippen LogP contribution < -0.4 is 4.74 Å². The van der Waals surface area contributed by atoms with Gasteiger partial charge in [-0.2, -0.15) is 0 Å². The molecule has 1 aromatic rings. The fourth-order valence-electron chi connectivity index (χ4n) is 2.93. The first-order valence-corrected chi connectivity index (χ1v) is 7.40. The van der Waals surface area contributed by atoms with Crippen molar-refractivity contribution in [3.05, 3.63) is 22.3 Å². The zero-order valence-electron chi connectivity index (χ0n) is 13.6. The van der Waals surface area contributed by atoms with E-state index in [1.165, 1.54) is 5.56 Å². The number of benzene rings is 1. The molecule has 0 amide bonds. The second-order valence-corrected chi connectivity index (χ2v) is 6.64. The topological polar surface area (TPSA) is 32.7 Å². The molecule has 0 saturated heterocycles. The van der Waals surface area contributed by atoms with E-state index in [2.05, 4.69) is 25.9 Å². The van der Waals surface area contributed by atoms with Crippen molar-refractivity contribution in [2.45, 2.75) is 52.6 Å². The molecule has 3 heteroatoms. The maximum absolute atomic E-state index is 10.2. The predicted octanol–water partition coefficient (Wildman–Crippen LogP) is 3.35. The van der Waals surface area contributed by atoms with E-state index in [0.717, 1.165) is 48.2 Å². The van der Waals surface area contributed by atoms with Crippen molar-refractivity contribution in [3.63, 3.8) is 0 Å². The number of nitrogens with zero attached hydrogens (tertiary/aromatic N) is 1. The lowest BCUT2D eigenvalue weighted by Gasteiger charge is -2.38. The molecule has 0 radical (unpaired) electrons. The highest BCUT2D eigenvalue weighted by atomic mass is 16.5. The monoisotopic (exact) mass is 277 g/mol. The maximum atomic E-state index is 10.2. The van der Waals surface area contributed by atoms with Gasteiger partial charge >= 0.3 is 0 Å². The zero-order valence-corrected chi connectivity index (χ0v) is 13.6. The van der Waals surface area contributed by atoms with Gasteiger partial charge in [0.15, 0.2) is 0 Å². The summed E-state index contributed by atoms with van der Waals surface area (Å²) in [6.45, 7) is 9.24. The summed E-state index contributed by atoms with van der Waals surface area (Å²) in [7, 11) is 4.19. The fraction of sp³-hybridized carbons (Fsp3) is 0.647. The summed E-state index contributed by atoms with van der Waals surface area (Å²) in [5, 5.41) is 10.2. The third-order valence-electron chi connectivity index (χ3n) is 4.68. The van der Waals surface area contributed by atoms with Gasteiger partial charge in [0, 0.05) is 12.1 Å². The van der Waals surface area contributed by atoms with Crippen LogP contribution in [-0.4, -0.2) is 36.2 Å². The molecule has 112 valence electrons. The van der Waals surface area contributed by atoms with Gasteiger partial charge in [0.1, 0.15) is 17.1 Å². The van der Waals surface area contributed by atoms with E-state index in [9.17, 15) is 5.11 Å². The Labute approximate surface area is 122 Å². The van der Waals surface area contributed by atoms with Crippen molar-refractivity contribution in [2.75, 3.05) is 20.6 Å². The van der Waals surface area contributed by atoms with E-state index in [1.807, 2.05) is 20.8 Å². The van der Waals surface area contributed by atoms with Crippen LogP contribution in [0.25, 0.3) is 0 Å². The van der Waals surface area contributed by atoms with Crippen LogP contribution in [0.5, 0.6) is 11.5 Å². The number of fused-ring (bicyclic) bond motifs is 1. The lowest BCUT2D eigenvalue weighted by atomic mass is 9.85. The number of hydrogen-bond donors (Lipinski definition) is 1. The molecule has 1 N–H and O–H groups in total. The van der Waals surface area contributed by atoms with Gasteiger partial charge in [-0.15, -0.1) is 0 Å². The molecule has 1 aliphatic heterocycles. The van der Waals surface area contributed by atoms with Crippen LogP contribution in [-0.2, 0) is 6.42 Å². The van der Waals surface area contributed by atoms with E-state index in [4.69, 9.17) is 4.74 Å². The third-order valence-corrected chi connectivity index (χ3v) is 4.68. The van der Waals surface area contributed by atoms with E-state index in [-0.39, 0.29) is 5.60 Å². The minimum atomic E-state index is -0.0993. The molecule has 0 spiro atoms. The summed E-state index contributed by atoms with van der Waals surface area (Å²) in [5.41, 5.74) is 4.10. The summed E-state index contributed by atoms with van der Waals surface area (Å²) >= 11 is 0. The Hall–Kier alpha value is -1.22. The third kappa shape index (κ3) is 2.64. The van der Waals surface area contributed by atoms with Gasteiger partial charge in [-0.3, -0.25) is 0 Å². The largest absolute Gasteiger partial charge is 0.507 e. The number of hydrogen-bond acceptors (Lipinski definition) is 3. The molecule has 0 bridgehead atoms. The van der Waals surface area contributed by atoms with Crippen molar-refractivity contribution in [2.24, 2.45) is 0 Å². The Bertz CT molecular complexity index is 522. The Morgan fingerprint density at radius 1 is 1.15 bits per heavy atom. The molecule has 0 aliphatic carbocycles. The van der Waals surface area contributed by atoms with E-state index in [0.29, 0.717) is 5.75 Å². The lowest BCUT2D eigenvalue weighted by Crippen LogP contribution is -2.39. The summed E-state index contributed by atoms with van der Waals surface area (Å²) in [5.74, 6) is 1.44. The van der Waals surface area contributed by atoms with Crippen LogP contribution in [0, 0.1) is 20.8 Å². The molecule has 1 aliphatic rings. The Kier molecular flexibility index (Phi) is 4.01. The number of phenolic OH excluding ortho intramolecular Hbond substituents is 1. The lowest BCUT2D eigenvalue weighted by molar-refractivity contribution is 0.0480. The summed E-state index contributed by atoms with van der Waals surface area (Å²) in [6.07, 6.45) is 3.02. The number of aromatic hydroxyl groups is 1. The molecule has 0 saturated carbocycles. The molecule has 2 rings (SSSR count). The maximum Gasteiger partial charge on any atom is 0.127 e. The molecule has 0 aromatic heterocycles. The van der Waals surface area contributed by atoms with E-state index in [1.54, 1.807) is 0 Å². The van der Waals surface area contributed by atoms with Crippen molar-refractivity contribution >= 4 is 0 Å². The molecular formula is C17H27NO2. The minimum Gasteiger partial charge on any atom is -0.507 e. The van der Waals surface area contributed by atoms with Gasteiger partial charge in [0.2, 0.25) is 0 Å². The van der Waals surface area contributed by atoms with Crippen molar-refractivity contribution in [1.29, 1.82) is 0 Å². The van der Waals surface area contributed by atoms with Crippen molar-refractivity contribution < 1.29 is 9.84 Å². The van der Waals surface area contributed by atoms with Gasteiger partial charge < -0.3 is 14.7 Å². The highest BCUT2D eigenvalue weighted by Gasteiger charge is 2.34. The van der Waals surface area contributed by atoms with Gasteiger partial charge in [-0.25, -0.2) is 0 Å². The molecule has 20 heavy (non-hydrogen) atoms. The van der Waals surface area contributed by atoms with Crippen molar-refractivity contribution in [1.82, 2.24) is 4.90 Å². The molecule has 0 unspecified atom stereocenters. The predicted molar refractivity (Wildman–Crippen MR) is 82.8 cm³/mol. The fourth-order valence-corrected chi connectivity index (χ4v) is 2.93. The highest BCUT2D eigenvalue weighted by Crippen LogP contribution is 2.43.